The number of allylic oxidation sites excluding steroid dienone is 1. The Kier molecular flexibility index (Phi) is 4.65. The zero-order chi connectivity index (χ0) is 18.3. The first-order valence-corrected chi connectivity index (χ1v) is 10.9. The van der Waals surface area contributed by atoms with Crippen LogP contribution >= 0.6 is 0 Å². The third kappa shape index (κ3) is 3.09. The number of esters is 1. The maximum atomic E-state index is 13.0. The minimum absolute atomic E-state index is 0.101. The predicted molar refractivity (Wildman–Crippen MR) is 97.9 cm³/mol. The Balaban J connectivity index is 1.50. The Labute approximate surface area is 155 Å². The first-order chi connectivity index (χ1) is 12.5. The molecule has 2 fully saturated rings. The van der Waals surface area contributed by atoms with Gasteiger partial charge in [0.1, 0.15) is 12.1 Å². The van der Waals surface area contributed by atoms with Crippen LogP contribution in [0.1, 0.15) is 37.7 Å². The number of hydrogen-bond acceptors (Lipinski definition) is 4. The van der Waals surface area contributed by atoms with Gasteiger partial charge in [0.15, 0.2) is 0 Å². The Morgan fingerprint density at radius 3 is 2.69 bits per heavy atom. The molecule has 1 saturated heterocycles. The maximum absolute atomic E-state index is 13.0. The molecular formula is C20H25NO4S. The van der Waals surface area contributed by atoms with Gasteiger partial charge in [-0.25, -0.2) is 8.42 Å². The number of aryl methyl sites for hydroxylation is 1. The van der Waals surface area contributed by atoms with E-state index in [2.05, 4.69) is 12.2 Å². The summed E-state index contributed by atoms with van der Waals surface area (Å²) in [6.07, 6.45) is 8.45. The molecule has 0 spiro atoms. The van der Waals surface area contributed by atoms with Crippen molar-refractivity contribution in [1.82, 2.24) is 4.31 Å². The Hall–Kier alpha value is -1.66. The van der Waals surface area contributed by atoms with Gasteiger partial charge in [-0.15, -0.1) is 0 Å². The number of hydrogen-bond donors (Lipinski definition) is 0. The van der Waals surface area contributed by atoms with Crippen LogP contribution in [0.3, 0.4) is 0 Å². The molecule has 1 unspecified atom stereocenters. The number of rotatable bonds is 4. The molecule has 26 heavy (non-hydrogen) atoms. The van der Waals surface area contributed by atoms with Gasteiger partial charge >= 0.3 is 5.97 Å². The summed E-state index contributed by atoms with van der Waals surface area (Å²) in [6, 6.07) is 6.07. The third-order valence-corrected chi connectivity index (χ3v) is 7.89. The lowest BCUT2D eigenvalue weighted by Crippen LogP contribution is -2.42. The molecule has 0 radical (unpaired) electrons. The van der Waals surface area contributed by atoms with Gasteiger partial charge in [-0.2, -0.15) is 4.31 Å². The van der Waals surface area contributed by atoms with E-state index in [-0.39, 0.29) is 17.0 Å². The Morgan fingerprint density at radius 1 is 1.15 bits per heavy atom. The van der Waals surface area contributed by atoms with E-state index in [0.717, 1.165) is 24.8 Å². The van der Waals surface area contributed by atoms with Gasteiger partial charge in [0.2, 0.25) is 10.0 Å². The second kappa shape index (κ2) is 6.82. The predicted octanol–water partition coefficient (Wildman–Crippen LogP) is 3.05. The average molecular weight is 375 g/mol. The summed E-state index contributed by atoms with van der Waals surface area (Å²) in [5, 5.41) is 0. The van der Waals surface area contributed by atoms with Gasteiger partial charge in [0, 0.05) is 12.5 Å². The third-order valence-electron chi connectivity index (χ3n) is 5.96. The van der Waals surface area contributed by atoms with Crippen LogP contribution in [0.25, 0.3) is 0 Å². The lowest BCUT2D eigenvalue weighted by molar-refractivity contribution is -0.154. The fraction of sp³-hybridized carbons (Fsp3) is 0.550. The summed E-state index contributed by atoms with van der Waals surface area (Å²) in [4.78, 5) is 13.0. The number of carbonyl (C=O) groups is 1. The van der Waals surface area contributed by atoms with Crippen LogP contribution in [-0.4, -0.2) is 37.4 Å². The van der Waals surface area contributed by atoms with Crippen molar-refractivity contribution < 1.29 is 17.9 Å². The molecule has 0 aromatic heterocycles. The molecule has 0 N–H and O–H groups in total. The molecule has 2 aliphatic carbocycles. The number of nitrogens with zero attached hydrogens (tertiary/aromatic N) is 1. The number of sulfonamides is 1. The molecule has 5 nitrogen and oxygen atoms in total. The van der Waals surface area contributed by atoms with E-state index in [1.54, 1.807) is 24.3 Å². The topological polar surface area (TPSA) is 63.7 Å². The standard InChI is InChI=1S/C20H25NO4S/c1-14-7-10-16(11-8-14)26(23,24)21-13-3-6-18(21)20(22)25-19-12-9-15-4-2-5-17(15)19/h2,5,7-8,10-11,15,17-19H,3-4,6,9,12-13H2,1H3/t15-,17-,18?,19+/m1/s1. The molecule has 3 aliphatic rings. The summed E-state index contributed by atoms with van der Waals surface area (Å²) in [6.45, 7) is 2.28. The summed E-state index contributed by atoms with van der Waals surface area (Å²) in [5.74, 6) is 0.510. The lowest BCUT2D eigenvalue weighted by atomic mass is 9.99. The molecule has 1 aromatic rings. The molecular weight excluding hydrogens is 350 g/mol. The molecule has 4 rings (SSSR count). The van der Waals surface area contributed by atoms with Crippen LogP contribution in [0.2, 0.25) is 0 Å². The first kappa shape index (κ1) is 17.7. The summed E-state index contributed by atoms with van der Waals surface area (Å²) in [7, 11) is -3.68. The molecule has 6 heteroatoms. The van der Waals surface area contributed by atoms with E-state index in [1.807, 2.05) is 6.92 Å². The van der Waals surface area contributed by atoms with Crippen LogP contribution in [0.4, 0.5) is 0 Å². The van der Waals surface area contributed by atoms with Crippen molar-refractivity contribution in [1.29, 1.82) is 0 Å². The lowest BCUT2D eigenvalue weighted by Gasteiger charge is -2.25. The number of ether oxygens (including phenoxy) is 1. The molecule has 1 heterocycles. The maximum Gasteiger partial charge on any atom is 0.324 e. The monoisotopic (exact) mass is 375 g/mol. The highest BCUT2D eigenvalue weighted by Crippen LogP contribution is 2.41. The van der Waals surface area contributed by atoms with E-state index in [4.69, 9.17) is 4.74 Å². The fourth-order valence-corrected chi connectivity index (χ4v) is 6.15. The van der Waals surface area contributed by atoms with Gasteiger partial charge in [-0.05, 0) is 57.1 Å². The van der Waals surface area contributed by atoms with E-state index < -0.39 is 16.1 Å². The van der Waals surface area contributed by atoms with Crippen molar-refractivity contribution in [3.8, 4) is 0 Å². The number of benzene rings is 1. The summed E-state index contributed by atoms with van der Waals surface area (Å²) in [5.41, 5.74) is 1.00. The van der Waals surface area contributed by atoms with E-state index in [0.29, 0.717) is 31.2 Å². The average Bonchev–Trinajstić information content (AvgIpc) is 3.33. The molecule has 0 bridgehead atoms. The second-order valence-corrected chi connectivity index (χ2v) is 9.53. The molecule has 1 aliphatic heterocycles. The van der Waals surface area contributed by atoms with Gasteiger partial charge in [0.25, 0.3) is 0 Å². The molecule has 4 atom stereocenters. The zero-order valence-corrected chi connectivity index (χ0v) is 15.8. The van der Waals surface area contributed by atoms with Crippen LogP contribution in [0, 0.1) is 18.8 Å². The van der Waals surface area contributed by atoms with Gasteiger partial charge in [-0.3, -0.25) is 4.79 Å². The summed E-state index contributed by atoms with van der Waals surface area (Å²) >= 11 is 0. The zero-order valence-electron chi connectivity index (χ0n) is 15.0. The van der Waals surface area contributed by atoms with Gasteiger partial charge < -0.3 is 4.74 Å². The minimum Gasteiger partial charge on any atom is -0.461 e. The van der Waals surface area contributed by atoms with E-state index >= 15 is 0 Å². The van der Waals surface area contributed by atoms with Crippen LogP contribution in [-0.2, 0) is 19.6 Å². The highest BCUT2D eigenvalue weighted by Gasteiger charge is 2.44. The van der Waals surface area contributed by atoms with Crippen molar-refractivity contribution in [2.75, 3.05) is 6.54 Å². The first-order valence-electron chi connectivity index (χ1n) is 9.42. The van der Waals surface area contributed by atoms with Gasteiger partial charge in [-0.1, -0.05) is 29.8 Å². The minimum atomic E-state index is -3.68. The van der Waals surface area contributed by atoms with Crippen LogP contribution < -0.4 is 0 Å². The largest absolute Gasteiger partial charge is 0.461 e. The fourth-order valence-electron chi connectivity index (χ4n) is 4.51. The summed E-state index contributed by atoms with van der Waals surface area (Å²) < 4.78 is 33.1. The van der Waals surface area contributed by atoms with Crippen LogP contribution in [0.5, 0.6) is 0 Å². The number of carbonyl (C=O) groups excluding carboxylic acids is 1. The SMILES string of the molecule is Cc1ccc(S(=O)(=O)N2CCCC2C(=O)O[C@H]2CC[C@H]3CC=C[C@H]32)cc1. The Bertz CT molecular complexity index is 815. The van der Waals surface area contributed by atoms with E-state index in [1.165, 1.54) is 4.31 Å². The highest BCUT2D eigenvalue weighted by atomic mass is 32.2. The normalized spacial score (nSPS) is 31.3. The van der Waals surface area contributed by atoms with Crippen molar-refractivity contribution in [2.45, 2.75) is 56.1 Å². The quantitative estimate of drug-likeness (QED) is 0.599. The van der Waals surface area contributed by atoms with Crippen molar-refractivity contribution in [2.24, 2.45) is 11.8 Å². The Morgan fingerprint density at radius 2 is 1.92 bits per heavy atom. The van der Waals surface area contributed by atoms with Crippen LogP contribution in [0.15, 0.2) is 41.3 Å². The smallest absolute Gasteiger partial charge is 0.324 e. The number of fused-ring (bicyclic) bond motifs is 1. The molecule has 1 aromatic carbocycles. The van der Waals surface area contributed by atoms with Crippen molar-refractivity contribution in [3.63, 3.8) is 0 Å². The molecule has 0 amide bonds. The second-order valence-electron chi connectivity index (χ2n) is 7.64. The highest BCUT2D eigenvalue weighted by molar-refractivity contribution is 7.89. The van der Waals surface area contributed by atoms with Gasteiger partial charge in [0.05, 0.1) is 4.90 Å². The molecule has 1 saturated carbocycles. The molecule has 140 valence electrons. The van der Waals surface area contributed by atoms with Crippen molar-refractivity contribution >= 4 is 16.0 Å². The van der Waals surface area contributed by atoms with Crippen molar-refractivity contribution in [3.05, 3.63) is 42.0 Å². The van der Waals surface area contributed by atoms with E-state index in [9.17, 15) is 13.2 Å².